The zero-order valence-corrected chi connectivity index (χ0v) is 13.9. The van der Waals surface area contributed by atoms with E-state index in [1.54, 1.807) is 12.1 Å². The van der Waals surface area contributed by atoms with Crippen molar-refractivity contribution in [3.63, 3.8) is 0 Å². The Morgan fingerprint density at radius 1 is 1.43 bits per heavy atom. The molecule has 1 heterocycles. The van der Waals surface area contributed by atoms with Gasteiger partial charge in [0, 0.05) is 35.7 Å². The molecule has 0 unspecified atom stereocenters. The Bertz CT molecular complexity index is 516. The summed E-state index contributed by atoms with van der Waals surface area (Å²) in [5, 5.41) is 14.3. The van der Waals surface area contributed by atoms with Crippen molar-refractivity contribution in [2.45, 2.75) is 19.4 Å². The van der Waals surface area contributed by atoms with Crippen LogP contribution in [0.25, 0.3) is 0 Å². The molecule has 2 rings (SSSR count). The molecule has 116 valence electrons. The van der Waals surface area contributed by atoms with E-state index in [1.165, 1.54) is 6.07 Å². The van der Waals surface area contributed by atoms with E-state index >= 15 is 0 Å². The molecule has 1 aromatic carbocycles. The van der Waals surface area contributed by atoms with E-state index in [0.717, 1.165) is 26.3 Å². The number of anilines is 1. The van der Waals surface area contributed by atoms with Crippen LogP contribution in [0.15, 0.2) is 22.7 Å². The lowest BCUT2D eigenvalue weighted by atomic mass is 10.0. The first-order valence-electron chi connectivity index (χ1n) is 6.91. The summed E-state index contributed by atoms with van der Waals surface area (Å²) in [6.07, 6.45) is 0. The maximum absolute atomic E-state index is 11.1. The van der Waals surface area contributed by atoms with Crippen LogP contribution in [-0.4, -0.2) is 48.2 Å². The predicted octanol–water partition coefficient (Wildman–Crippen LogP) is 2.88. The van der Waals surface area contributed by atoms with E-state index in [-0.39, 0.29) is 16.1 Å². The molecule has 0 amide bonds. The largest absolute Gasteiger partial charge is 0.379 e. The summed E-state index contributed by atoms with van der Waals surface area (Å²) < 4.78 is 6.07. The van der Waals surface area contributed by atoms with Crippen molar-refractivity contribution >= 4 is 27.3 Å². The molecule has 0 spiro atoms. The van der Waals surface area contributed by atoms with Crippen molar-refractivity contribution in [3.05, 3.63) is 32.8 Å². The van der Waals surface area contributed by atoms with Crippen LogP contribution < -0.4 is 5.32 Å². The predicted molar refractivity (Wildman–Crippen MR) is 85.8 cm³/mol. The molecule has 21 heavy (non-hydrogen) atoms. The van der Waals surface area contributed by atoms with Crippen LogP contribution in [0, 0.1) is 10.1 Å². The van der Waals surface area contributed by atoms with E-state index in [2.05, 4.69) is 40.0 Å². The average molecular weight is 358 g/mol. The minimum atomic E-state index is -0.366. The van der Waals surface area contributed by atoms with Gasteiger partial charge < -0.3 is 10.1 Å². The molecule has 1 fully saturated rings. The van der Waals surface area contributed by atoms with Gasteiger partial charge in [-0.25, -0.2) is 0 Å². The lowest BCUT2D eigenvalue weighted by molar-refractivity contribution is -0.384. The van der Waals surface area contributed by atoms with Gasteiger partial charge in [-0.05, 0) is 26.0 Å². The highest BCUT2D eigenvalue weighted by Crippen LogP contribution is 2.29. The first-order chi connectivity index (χ1) is 9.90. The summed E-state index contributed by atoms with van der Waals surface area (Å²) >= 11 is 3.26. The number of hydrogen-bond acceptors (Lipinski definition) is 5. The molecule has 1 aromatic rings. The van der Waals surface area contributed by atoms with Gasteiger partial charge in [0.1, 0.15) is 5.69 Å². The first-order valence-corrected chi connectivity index (χ1v) is 7.70. The van der Waals surface area contributed by atoms with E-state index in [9.17, 15) is 10.1 Å². The maximum Gasteiger partial charge on any atom is 0.293 e. The van der Waals surface area contributed by atoms with Crippen LogP contribution in [0.1, 0.15) is 13.8 Å². The second kappa shape index (κ2) is 6.72. The van der Waals surface area contributed by atoms with Gasteiger partial charge in [0.2, 0.25) is 0 Å². The quantitative estimate of drug-likeness (QED) is 0.648. The number of nitrogens with zero attached hydrogens (tertiary/aromatic N) is 2. The van der Waals surface area contributed by atoms with Crippen molar-refractivity contribution in [1.29, 1.82) is 0 Å². The van der Waals surface area contributed by atoms with Crippen molar-refractivity contribution in [2.24, 2.45) is 0 Å². The summed E-state index contributed by atoms with van der Waals surface area (Å²) in [7, 11) is 0. The van der Waals surface area contributed by atoms with E-state index in [4.69, 9.17) is 4.74 Å². The van der Waals surface area contributed by atoms with Crippen molar-refractivity contribution in [2.75, 3.05) is 38.2 Å². The zero-order valence-electron chi connectivity index (χ0n) is 12.3. The molecule has 0 aliphatic carbocycles. The van der Waals surface area contributed by atoms with Crippen LogP contribution in [0.4, 0.5) is 11.4 Å². The molecule has 1 aliphatic heterocycles. The maximum atomic E-state index is 11.1. The fraction of sp³-hybridized carbons (Fsp3) is 0.571. The van der Waals surface area contributed by atoms with Gasteiger partial charge in [-0.2, -0.15) is 0 Å². The zero-order chi connectivity index (χ0) is 15.5. The smallest absolute Gasteiger partial charge is 0.293 e. The molecule has 0 aromatic heterocycles. The number of hydrogen-bond donors (Lipinski definition) is 1. The Balaban J connectivity index is 2.06. The Labute approximate surface area is 132 Å². The van der Waals surface area contributed by atoms with Crippen LogP contribution in [0.3, 0.4) is 0 Å². The normalized spacial score (nSPS) is 16.7. The SMILES string of the molecule is CC(C)(CNc1ccc(Br)cc1[N+](=O)[O-])N1CCOCC1. The van der Waals surface area contributed by atoms with E-state index < -0.39 is 0 Å². The Morgan fingerprint density at radius 3 is 2.71 bits per heavy atom. The minimum absolute atomic E-state index is 0.0853. The van der Waals surface area contributed by atoms with Gasteiger partial charge in [0.25, 0.3) is 5.69 Å². The Hall–Kier alpha value is -1.18. The fourth-order valence-electron chi connectivity index (χ4n) is 2.40. The molecular weight excluding hydrogens is 338 g/mol. The Kier molecular flexibility index (Phi) is 5.18. The number of nitrogens with one attached hydrogen (secondary N) is 1. The molecule has 6 nitrogen and oxygen atoms in total. The Morgan fingerprint density at radius 2 is 2.10 bits per heavy atom. The highest BCUT2D eigenvalue weighted by molar-refractivity contribution is 9.10. The topological polar surface area (TPSA) is 67.6 Å². The highest BCUT2D eigenvalue weighted by Gasteiger charge is 2.28. The third-order valence-electron chi connectivity index (χ3n) is 3.74. The van der Waals surface area contributed by atoms with Crippen LogP contribution in [0.2, 0.25) is 0 Å². The summed E-state index contributed by atoms with van der Waals surface area (Å²) in [4.78, 5) is 13.1. The van der Waals surface area contributed by atoms with Crippen LogP contribution in [-0.2, 0) is 4.74 Å². The van der Waals surface area contributed by atoms with Gasteiger partial charge in [-0.3, -0.25) is 15.0 Å². The number of nitro benzene ring substituents is 1. The summed E-state index contributed by atoms with van der Waals surface area (Å²) in [5.74, 6) is 0. The molecule has 7 heteroatoms. The lowest BCUT2D eigenvalue weighted by Gasteiger charge is -2.41. The molecule has 0 atom stereocenters. The van der Waals surface area contributed by atoms with Gasteiger partial charge in [0.15, 0.2) is 0 Å². The fourth-order valence-corrected chi connectivity index (χ4v) is 2.75. The van der Waals surface area contributed by atoms with E-state index in [1.807, 2.05) is 0 Å². The molecular formula is C14H20BrN3O3. The van der Waals surface area contributed by atoms with Crippen LogP contribution in [0.5, 0.6) is 0 Å². The molecule has 1 N–H and O–H groups in total. The van der Waals surface area contributed by atoms with Gasteiger partial charge in [-0.15, -0.1) is 0 Å². The van der Waals surface area contributed by atoms with Crippen LogP contribution >= 0.6 is 15.9 Å². The van der Waals surface area contributed by atoms with Crippen molar-refractivity contribution in [1.82, 2.24) is 4.90 Å². The van der Waals surface area contributed by atoms with Gasteiger partial charge in [0.05, 0.1) is 18.1 Å². The summed E-state index contributed by atoms with van der Waals surface area (Å²) in [5.41, 5.74) is 0.539. The first kappa shape index (κ1) is 16.2. The van der Waals surface area contributed by atoms with Gasteiger partial charge in [-0.1, -0.05) is 15.9 Å². The molecule has 1 saturated heterocycles. The van der Waals surface area contributed by atoms with Gasteiger partial charge >= 0.3 is 0 Å². The summed E-state index contributed by atoms with van der Waals surface area (Å²) in [6.45, 7) is 8.15. The second-order valence-corrected chi connectivity index (χ2v) is 6.60. The lowest BCUT2D eigenvalue weighted by Crippen LogP contribution is -2.53. The van der Waals surface area contributed by atoms with Crippen molar-refractivity contribution in [3.8, 4) is 0 Å². The second-order valence-electron chi connectivity index (χ2n) is 5.68. The molecule has 0 saturated carbocycles. The molecule has 1 aliphatic rings. The number of morpholine rings is 1. The van der Waals surface area contributed by atoms with E-state index in [0.29, 0.717) is 16.7 Å². The average Bonchev–Trinajstić information content (AvgIpc) is 2.47. The number of benzene rings is 1. The minimum Gasteiger partial charge on any atom is -0.379 e. The standard InChI is InChI=1S/C14H20BrN3O3/c1-14(2,17-5-7-21-8-6-17)10-16-12-4-3-11(15)9-13(12)18(19)20/h3-4,9,16H,5-8,10H2,1-2H3. The molecule has 0 radical (unpaired) electrons. The number of rotatable bonds is 5. The molecule has 0 bridgehead atoms. The highest BCUT2D eigenvalue weighted by atomic mass is 79.9. The third-order valence-corrected chi connectivity index (χ3v) is 4.23. The number of nitro groups is 1. The number of ether oxygens (including phenoxy) is 1. The van der Waals surface area contributed by atoms with Crippen molar-refractivity contribution < 1.29 is 9.66 Å². The monoisotopic (exact) mass is 357 g/mol. The summed E-state index contributed by atoms with van der Waals surface area (Å²) in [6, 6.07) is 5.05. The number of halogens is 1. The third kappa shape index (κ3) is 4.15.